The highest BCUT2D eigenvalue weighted by Crippen LogP contribution is 2.19. The van der Waals surface area contributed by atoms with Crippen LogP contribution in [0.5, 0.6) is 0 Å². The van der Waals surface area contributed by atoms with E-state index >= 15 is 0 Å². The second kappa shape index (κ2) is 7.23. The number of allylic oxidation sites excluding steroid dienone is 3. The first-order chi connectivity index (χ1) is 11.3. The van der Waals surface area contributed by atoms with Crippen LogP contribution in [0.15, 0.2) is 95.6 Å². The molecule has 0 amide bonds. The first-order valence-corrected chi connectivity index (χ1v) is 7.41. The Morgan fingerprint density at radius 1 is 0.826 bits per heavy atom. The Kier molecular flexibility index (Phi) is 4.65. The SMILES string of the molecule is O=C(/C=C(\C=C\c1ccccc1)c1ccccc1)c1ccco1. The average molecular weight is 300 g/mol. The average Bonchev–Trinajstić information content (AvgIpc) is 3.15. The topological polar surface area (TPSA) is 30.2 Å². The maximum atomic E-state index is 12.3. The van der Waals surface area contributed by atoms with Gasteiger partial charge < -0.3 is 4.42 Å². The highest BCUT2D eigenvalue weighted by molar-refractivity contribution is 6.08. The van der Waals surface area contributed by atoms with Gasteiger partial charge in [0.05, 0.1) is 6.26 Å². The lowest BCUT2D eigenvalue weighted by Crippen LogP contribution is -1.93. The van der Waals surface area contributed by atoms with Crippen LogP contribution in [0.4, 0.5) is 0 Å². The first kappa shape index (κ1) is 14.8. The minimum Gasteiger partial charge on any atom is -0.461 e. The van der Waals surface area contributed by atoms with Crippen molar-refractivity contribution in [2.45, 2.75) is 0 Å². The van der Waals surface area contributed by atoms with Gasteiger partial charge in [-0.1, -0.05) is 72.8 Å². The Hall–Kier alpha value is -3.13. The quantitative estimate of drug-likeness (QED) is 0.365. The minimum absolute atomic E-state index is 0.147. The molecule has 2 heteroatoms. The number of furan rings is 1. The van der Waals surface area contributed by atoms with Crippen LogP contribution in [-0.2, 0) is 0 Å². The molecule has 2 aromatic carbocycles. The van der Waals surface area contributed by atoms with Crippen molar-refractivity contribution in [1.82, 2.24) is 0 Å². The van der Waals surface area contributed by atoms with E-state index in [1.54, 1.807) is 18.2 Å². The maximum Gasteiger partial charge on any atom is 0.221 e. The molecular weight excluding hydrogens is 284 g/mol. The van der Waals surface area contributed by atoms with E-state index in [1.807, 2.05) is 72.8 Å². The zero-order valence-electron chi connectivity index (χ0n) is 12.6. The number of ketones is 1. The van der Waals surface area contributed by atoms with Gasteiger partial charge in [-0.2, -0.15) is 0 Å². The van der Waals surface area contributed by atoms with E-state index in [9.17, 15) is 4.79 Å². The number of hydrogen-bond donors (Lipinski definition) is 0. The van der Waals surface area contributed by atoms with Crippen molar-refractivity contribution in [3.63, 3.8) is 0 Å². The van der Waals surface area contributed by atoms with Crippen LogP contribution in [0.3, 0.4) is 0 Å². The zero-order valence-corrected chi connectivity index (χ0v) is 12.6. The van der Waals surface area contributed by atoms with Gasteiger partial charge in [-0.25, -0.2) is 0 Å². The van der Waals surface area contributed by atoms with Crippen LogP contribution in [0.1, 0.15) is 21.7 Å². The number of benzene rings is 2. The van der Waals surface area contributed by atoms with Gasteiger partial charge in [0, 0.05) is 0 Å². The molecule has 2 nitrogen and oxygen atoms in total. The molecule has 0 radical (unpaired) electrons. The Bertz CT molecular complexity index is 811. The molecule has 112 valence electrons. The summed E-state index contributed by atoms with van der Waals surface area (Å²) in [6.45, 7) is 0. The third-order valence-electron chi connectivity index (χ3n) is 3.41. The van der Waals surface area contributed by atoms with Crippen molar-refractivity contribution in [3.05, 3.63) is 108 Å². The fourth-order valence-corrected chi connectivity index (χ4v) is 2.24. The molecule has 0 unspecified atom stereocenters. The highest BCUT2D eigenvalue weighted by atomic mass is 16.3. The van der Waals surface area contributed by atoms with Crippen LogP contribution >= 0.6 is 0 Å². The molecule has 0 fully saturated rings. The van der Waals surface area contributed by atoms with E-state index in [0.717, 1.165) is 16.7 Å². The van der Waals surface area contributed by atoms with Gasteiger partial charge in [-0.3, -0.25) is 4.79 Å². The molecule has 23 heavy (non-hydrogen) atoms. The summed E-state index contributed by atoms with van der Waals surface area (Å²) in [6.07, 6.45) is 7.05. The molecule has 0 atom stereocenters. The largest absolute Gasteiger partial charge is 0.461 e. The smallest absolute Gasteiger partial charge is 0.221 e. The molecule has 0 saturated heterocycles. The van der Waals surface area contributed by atoms with Gasteiger partial charge >= 0.3 is 0 Å². The Labute approximate surface area is 135 Å². The lowest BCUT2D eigenvalue weighted by molar-refractivity contribution is 0.102. The first-order valence-electron chi connectivity index (χ1n) is 7.41. The summed E-state index contributed by atoms with van der Waals surface area (Å²) in [6, 6.07) is 23.2. The third-order valence-corrected chi connectivity index (χ3v) is 3.41. The Balaban J connectivity index is 1.94. The van der Waals surface area contributed by atoms with Crippen LogP contribution in [-0.4, -0.2) is 5.78 Å². The standard InChI is InChI=1S/C21H16O2/c22-20(21-12-7-15-23-21)16-19(18-10-5-2-6-11-18)14-13-17-8-3-1-4-9-17/h1-16H/b14-13+,19-16+. The fourth-order valence-electron chi connectivity index (χ4n) is 2.24. The predicted molar refractivity (Wildman–Crippen MR) is 92.9 cm³/mol. The number of hydrogen-bond acceptors (Lipinski definition) is 2. The van der Waals surface area contributed by atoms with E-state index in [2.05, 4.69) is 0 Å². The van der Waals surface area contributed by atoms with E-state index in [0.29, 0.717) is 5.76 Å². The molecule has 3 aromatic rings. The number of carbonyl (C=O) groups excluding carboxylic acids is 1. The summed E-state index contributed by atoms with van der Waals surface area (Å²) in [5, 5.41) is 0. The van der Waals surface area contributed by atoms with Gasteiger partial charge in [-0.05, 0) is 34.9 Å². The van der Waals surface area contributed by atoms with Crippen molar-refractivity contribution >= 4 is 17.4 Å². The summed E-state index contributed by atoms with van der Waals surface area (Å²) >= 11 is 0. The Morgan fingerprint density at radius 3 is 2.17 bits per heavy atom. The van der Waals surface area contributed by atoms with Gasteiger partial charge in [0.2, 0.25) is 5.78 Å². The van der Waals surface area contributed by atoms with Crippen LogP contribution in [0.2, 0.25) is 0 Å². The Morgan fingerprint density at radius 2 is 1.52 bits per heavy atom. The third kappa shape index (κ3) is 3.95. The molecule has 0 aliphatic rings. The molecule has 1 aromatic heterocycles. The second-order valence-corrected chi connectivity index (χ2v) is 5.05. The van der Waals surface area contributed by atoms with E-state index < -0.39 is 0 Å². The summed E-state index contributed by atoms with van der Waals surface area (Å²) in [5.74, 6) is 0.193. The summed E-state index contributed by atoms with van der Waals surface area (Å²) in [5.41, 5.74) is 2.91. The van der Waals surface area contributed by atoms with E-state index in [-0.39, 0.29) is 5.78 Å². The number of rotatable bonds is 5. The molecular formula is C21H16O2. The lowest BCUT2D eigenvalue weighted by Gasteiger charge is -2.02. The van der Waals surface area contributed by atoms with Crippen LogP contribution in [0.25, 0.3) is 11.6 Å². The maximum absolute atomic E-state index is 12.3. The highest BCUT2D eigenvalue weighted by Gasteiger charge is 2.07. The van der Waals surface area contributed by atoms with Gasteiger partial charge in [0.15, 0.2) is 5.76 Å². The van der Waals surface area contributed by atoms with E-state index in [1.165, 1.54) is 6.26 Å². The van der Waals surface area contributed by atoms with Crippen molar-refractivity contribution < 1.29 is 9.21 Å². The van der Waals surface area contributed by atoms with Crippen molar-refractivity contribution in [1.29, 1.82) is 0 Å². The van der Waals surface area contributed by atoms with Gasteiger partial charge in [0.1, 0.15) is 0 Å². The minimum atomic E-state index is -0.147. The molecule has 0 N–H and O–H groups in total. The second-order valence-electron chi connectivity index (χ2n) is 5.05. The molecule has 0 aliphatic carbocycles. The van der Waals surface area contributed by atoms with Gasteiger partial charge in [-0.15, -0.1) is 0 Å². The predicted octanol–water partition coefficient (Wildman–Crippen LogP) is 5.26. The summed E-state index contributed by atoms with van der Waals surface area (Å²) in [7, 11) is 0. The summed E-state index contributed by atoms with van der Waals surface area (Å²) < 4.78 is 5.18. The lowest BCUT2D eigenvalue weighted by atomic mass is 10.0. The number of carbonyl (C=O) groups is 1. The van der Waals surface area contributed by atoms with E-state index in [4.69, 9.17) is 4.42 Å². The molecule has 0 spiro atoms. The van der Waals surface area contributed by atoms with Crippen LogP contribution < -0.4 is 0 Å². The molecule has 0 bridgehead atoms. The molecule has 3 rings (SSSR count). The monoisotopic (exact) mass is 300 g/mol. The molecule has 1 heterocycles. The molecule has 0 aliphatic heterocycles. The van der Waals surface area contributed by atoms with Gasteiger partial charge in [0.25, 0.3) is 0 Å². The van der Waals surface area contributed by atoms with Crippen LogP contribution in [0, 0.1) is 0 Å². The van der Waals surface area contributed by atoms with Crippen molar-refractivity contribution in [3.8, 4) is 0 Å². The normalized spacial score (nSPS) is 11.7. The van der Waals surface area contributed by atoms with Crippen molar-refractivity contribution in [2.75, 3.05) is 0 Å². The van der Waals surface area contributed by atoms with Crippen molar-refractivity contribution in [2.24, 2.45) is 0 Å². The molecule has 0 saturated carbocycles. The zero-order chi connectivity index (χ0) is 15.9. The fraction of sp³-hybridized carbons (Fsp3) is 0. The summed E-state index contributed by atoms with van der Waals surface area (Å²) in [4.78, 5) is 12.3.